The summed E-state index contributed by atoms with van der Waals surface area (Å²) in [7, 11) is 0. The fourth-order valence-electron chi connectivity index (χ4n) is 3.38. The third-order valence-corrected chi connectivity index (χ3v) is 5.19. The zero-order valence-corrected chi connectivity index (χ0v) is 17.8. The Bertz CT molecular complexity index is 1020. The Kier molecular flexibility index (Phi) is 6.23. The minimum Gasteiger partial charge on any atom is -0.460 e. The highest BCUT2D eigenvalue weighted by atomic mass is 35.5. The summed E-state index contributed by atoms with van der Waals surface area (Å²) in [5.74, 6) is -2.05. The molecule has 1 aromatic heterocycles. The number of ether oxygens (including phenoxy) is 1. The summed E-state index contributed by atoms with van der Waals surface area (Å²) in [5, 5.41) is 8.85. The van der Waals surface area contributed by atoms with Gasteiger partial charge in [0.2, 0.25) is 5.78 Å². The van der Waals surface area contributed by atoms with E-state index in [4.69, 9.17) is 21.6 Å². The Balaban J connectivity index is 1.94. The van der Waals surface area contributed by atoms with Gasteiger partial charge in [-0.15, -0.1) is 0 Å². The Morgan fingerprint density at radius 3 is 2.53 bits per heavy atom. The van der Waals surface area contributed by atoms with Gasteiger partial charge in [0, 0.05) is 12.1 Å². The average Bonchev–Trinajstić information content (AvgIpc) is 3.50. The normalized spacial score (nSPS) is 14.7. The molecule has 156 valence electrons. The van der Waals surface area contributed by atoms with E-state index in [1.165, 1.54) is 30.5 Å². The van der Waals surface area contributed by atoms with Crippen LogP contribution in [0.4, 0.5) is 4.39 Å². The van der Waals surface area contributed by atoms with Crippen molar-refractivity contribution in [1.82, 2.24) is 4.98 Å². The van der Waals surface area contributed by atoms with Gasteiger partial charge in [-0.05, 0) is 63.3 Å². The minimum atomic E-state index is -0.737. The van der Waals surface area contributed by atoms with E-state index < -0.39 is 29.1 Å². The second kappa shape index (κ2) is 8.53. The van der Waals surface area contributed by atoms with Crippen molar-refractivity contribution in [3.63, 3.8) is 0 Å². The number of carbonyl (C=O) groups excluding carboxylic acids is 2. The number of rotatable bonds is 6. The molecule has 1 heterocycles. The van der Waals surface area contributed by atoms with Crippen LogP contribution in [0.2, 0.25) is 5.02 Å². The topological polar surface area (TPSA) is 80.0 Å². The van der Waals surface area contributed by atoms with Gasteiger partial charge in [0.15, 0.2) is 0 Å². The van der Waals surface area contributed by atoms with Crippen LogP contribution < -0.4 is 0 Å². The van der Waals surface area contributed by atoms with E-state index in [-0.39, 0.29) is 39.7 Å². The molecule has 1 aliphatic rings. The van der Waals surface area contributed by atoms with Crippen LogP contribution in [0.1, 0.15) is 73.1 Å². The summed E-state index contributed by atoms with van der Waals surface area (Å²) in [5.41, 5.74) is -0.349. The standard InChI is InChI=1S/C23H22ClFN2O3/c1-23(2,3)30-19(28)10-16(14-5-6-14)15-7-8-17(24)20(21(15)25)22(29)18-9-4-13(11-26)12-27-18/h4,7-9,12,14,16H,5-6,10H2,1-3H3/t16-/m1/s1. The van der Waals surface area contributed by atoms with Crippen LogP contribution >= 0.6 is 11.6 Å². The molecule has 1 saturated carbocycles. The van der Waals surface area contributed by atoms with Gasteiger partial charge < -0.3 is 4.74 Å². The molecule has 2 aromatic rings. The molecule has 0 bridgehead atoms. The molecule has 0 radical (unpaired) electrons. The molecule has 1 atom stereocenters. The van der Waals surface area contributed by atoms with Crippen molar-refractivity contribution in [2.24, 2.45) is 5.92 Å². The summed E-state index contributed by atoms with van der Waals surface area (Å²) < 4.78 is 20.9. The Morgan fingerprint density at radius 2 is 2.00 bits per heavy atom. The predicted molar refractivity (Wildman–Crippen MR) is 110 cm³/mol. The van der Waals surface area contributed by atoms with Gasteiger partial charge in [-0.3, -0.25) is 14.6 Å². The third kappa shape index (κ3) is 5.03. The van der Waals surface area contributed by atoms with Crippen molar-refractivity contribution in [2.75, 3.05) is 0 Å². The van der Waals surface area contributed by atoms with Gasteiger partial charge in [0.1, 0.15) is 23.2 Å². The first-order valence-electron chi connectivity index (χ1n) is 9.71. The molecule has 5 nitrogen and oxygen atoms in total. The molecule has 0 saturated heterocycles. The van der Waals surface area contributed by atoms with E-state index in [9.17, 15) is 9.59 Å². The minimum absolute atomic E-state index is 0.0120. The lowest BCUT2D eigenvalue weighted by Crippen LogP contribution is -2.25. The highest BCUT2D eigenvalue weighted by Crippen LogP contribution is 2.46. The van der Waals surface area contributed by atoms with Crippen LogP contribution in [0.25, 0.3) is 0 Å². The third-order valence-electron chi connectivity index (χ3n) is 4.87. The molecule has 0 unspecified atom stereocenters. The van der Waals surface area contributed by atoms with E-state index in [0.29, 0.717) is 0 Å². The molecule has 0 amide bonds. The van der Waals surface area contributed by atoms with Gasteiger partial charge in [-0.2, -0.15) is 5.26 Å². The lowest BCUT2D eigenvalue weighted by atomic mass is 9.88. The Morgan fingerprint density at radius 1 is 1.30 bits per heavy atom. The number of hydrogen-bond donors (Lipinski definition) is 0. The van der Waals surface area contributed by atoms with Crippen molar-refractivity contribution in [3.05, 3.63) is 63.7 Å². The fourth-order valence-corrected chi connectivity index (χ4v) is 3.61. The van der Waals surface area contributed by atoms with E-state index in [1.807, 2.05) is 6.07 Å². The smallest absolute Gasteiger partial charge is 0.306 e. The largest absolute Gasteiger partial charge is 0.460 e. The predicted octanol–water partition coefficient (Wildman–Crippen LogP) is 5.20. The summed E-state index contributed by atoms with van der Waals surface area (Å²) in [4.78, 5) is 29.2. The van der Waals surface area contributed by atoms with E-state index in [2.05, 4.69) is 4.98 Å². The number of benzene rings is 1. The highest BCUT2D eigenvalue weighted by Gasteiger charge is 2.37. The molecule has 30 heavy (non-hydrogen) atoms. The number of ketones is 1. The van der Waals surface area contributed by atoms with Crippen LogP contribution in [0, 0.1) is 23.1 Å². The van der Waals surface area contributed by atoms with Crippen molar-refractivity contribution >= 4 is 23.4 Å². The van der Waals surface area contributed by atoms with Crippen LogP contribution in [0.3, 0.4) is 0 Å². The maximum Gasteiger partial charge on any atom is 0.306 e. The molecule has 7 heteroatoms. The first-order valence-corrected chi connectivity index (χ1v) is 10.1. The first-order chi connectivity index (χ1) is 14.1. The highest BCUT2D eigenvalue weighted by molar-refractivity contribution is 6.35. The maximum absolute atomic E-state index is 15.5. The summed E-state index contributed by atoms with van der Waals surface area (Å²) in [6.45, 7) is 5.34. The first kappa shape index (κ1) is 21.9. The van der Waals surface area contributed by atoms with E-state index in [1.54, 1.807) is 20.8 Å². The second-order valence-corrected chi connectivity index (χ2v) is 8.84. The lowest BCUT2D eigenvalue weighted by molar-refractivity contribution is -0.155. The van der Waals surface area contributed by atoms with E-state index >= 15 is 4.39 Å². The lowest BCUT2D eigenvalue weighted by Gasteiger charge is -2.23. The quantitative estimate of drug-likeness (QED) is 0.466. The van der Waals surface area contributed by atoms with Gasteiger partial charge in [0.05, 0.1) is 22.6 Å². The Labute approximate surface area is 179 Å². The van der Waals surface area contributed by atoms with Crippen LogP contribution in [-0.4, -0.2) is 22.3 Å². The molecule has 1 aliphatic carbocycles. The fraction of sp³-hybridized carbons (Fsp3) is 0.391. The van der Waals surface area contributed by atoms with Crippen LogP contribution in [-0.2, 0) is 9.53 Å². The molecule has 0 aliphatic heterocycles. The van der Waals surface area contributed by atoms with Gasteiger partial charge in [0.25, 0.3) is 0 Å². The molecule has 0 spiro atoms. The number of hydrogen-bond acceptors (Lipinski definition) is 5. The van der Waals surface area contributed by atoms with E-state index in [0.717, 1.165) is 12.8 Å². The molecule has 1 aromatic carbocycles. The molecular formula is C23H22ClFN2O3. The molecular weight excluding hydrogens is 407 g/mol. The van der Waals surface area contributed by atoms with Crippen molar-refractivity contribution in [2.45, 2.75) is 51.6 Å². The van der Waals surface area contributed by atoms with Crippen LogP contribution in [0.15, 0.2) is 30.5 Å². The number of carbonyl (C=O) groups is 2. The number of nitriles is 1. The average molecular weight is 429 g/mol. The zero-order valence-electron chi connectivity index (χ0n) is 17.0. The monoisotopic (exact) mass is 428 g/mol. The van der Waals surface area contributed by atoms with Gasteiger partial charge in [-0.25, -0.2) is 4.39 Å². The number of esters is 1. The second-order valence-electron chi connectivity index (χ2n) is 8.43. The van der Waals surface area contributed by atoms with Crippen LogP contribution in [0.5, 0.6) is 0 Å². The number of halogens is 2. The Hall–Kier alpha value is -2.78. The molecule has 1 fully saturated rings. The SMILES string of the molecule is CC(C)(C)OC(=O)C[C@@H](c1ccc(Cl)c(C(=O)c2ccc(C#N)cn2)c1F)C1CC1. The number of nitrogens with zero attached hydrogens (tertiary/aromatic N) is 2. The van der Waals surface area contributed by atoms with Crippen molar-refractivity contribution < 1.29 is 18.7 Å². The van der Waals surface area contributed by atoms with Crippen molar-refractivity contribution in [3.8, 4) is 6.07 Å². The summed E-state index contributed by atoms with van der Waals surface area (Å²) in [6.07, 6.45) is 3.05. The summed E-state index contributed by atoms with van der Waals surface area (Å²) >= 11 is 6.16. The summed E-state index contributed by atoms with van der Waals surface area (Å²) in [6, 6.07) is 7.72. The molecule has 0 N–H and O–H groups in total. The van der Waals surface area contributed by atoms with Crippen molar-refractivity contribution in [1.29, 1.82) is 5.26 Å². The van der Waals surface area contributed by atoms with Gasteiger partial charge >= 0.3 is 5.97 Å². The maximum atomic E-state index is 15.5. The number of aromatic nitrogens is 1. The zero-order chi connectivity index (χ0) is 22.1. The number of pyridine rings is 1. The van der Waals surface area contributed by atoms with Gasteiger partial charge in [-0.1, -0.05) is 17.7 Å². The molecule has 3 rings (SSSR count).